The summed E-state index contributed by atoms with van der Waals surface area (Å²) in [4.78, 5) is 69.7. The third kappa shape index (κ3) is 14.0. The summed E-state index contributed by atoms with van der Waals surface area (Å²) >= 11 is 0. The molecule has 0 radical (unpaired) electrons. The molecule has 14 heterocycles. The SMILES string of the molecule is CN1C(=O)c2ncccc2C1(C)C.CN1C(C)(C)c2cccnc2S1(=O)=O.CN1CC(C)(C)c2cccnc2C1=O.CN1Cc2ncccc2C(C)(C)C1=O.CN1Cc2ncccc2C(C)(C)S1(=O)=O.CN1Cc2ncccc2C(C)(C)S1=O.CN1S(=O)c2ncccc2C1(C)C. The smallest absolute Gasteiger partial charge is 0.273 e. The molecule has 7 aliphatic rings. The molecule has 0 bridgehead atoms. The zero-order valence-electron chi connectivity index (χ0n) is 59.5. The van der Waals surface area contributed by atoms with Crippen molar-refractivity contribution in [2.75, 3.05) is 55.9 Å². The number of sulfonamides is 2. The number of fused-ring (bicyclic) bond motifs is 7. The molecule has 0 aromatic carbocycles. The number of carbonyl (C=O) groups is 3. The highest BCUT2D eigenvalue weighted by Crippen LogP contribution is 2.43. The molecule has 14 rings (SSSR count). The lowest BCUT2D eigenvalue weighted by atomic mass is 9.79. The molecule has 520 valence electrons. The predicted molar refractivity (Wildman–Crippen MR) is 375 cm³/mol. The van der Waals surface area contributed by atoms with Gasteiger partial charge in [-0.25, -0.2) is 43.8 Å². The van der Waals surface area contributed by atoms with E-state index in [0.29, 0.717) is 36.0 Å². The minimum atomic E-state index is -3.37. The van der Waals surface area contributed by atoms with Gasteiger partial charge in [-0.15, -0.1) is 0 Å². The highest BCUT2D eigenvalue weighted by Gasteiger charge is 2.48. The first-order chi connectivity index (χ1) is 44.9. The van der Waals surface area contributed by atoms with Gasteiger partial charge in [-0.1, -0.05) is 56.3 Å². The Morgan fingerprint density at radius 1 is 0.443 bits per heavy atom. The lowest BCUT2D eigenvalue weighted by Crippen LogP contribution is -2.46. The second-order valence-corrected chi connectivity index (χ2v) is 36.5. The van der Waals surface area contributed by atoms with E-state index in [0.717, 1.165) is 62.6 Å². The minimum absolute atomic E-state index is 0.00620. The van der Waals surface area contributed by atoms with E-state index in [9.17, 15) is 39.6 Å². The number of pyridine rings is 7. The van der Waals surface area contributed by atoms with E-state index in [1.807, 2.05) is 172 Å². The maximum atomic E-state index is 12.1. The van der Waals surface area contributed by atoms with Gasteiger partial charge < -0.3 is 14.7 Å². The molecule has 0 saturated heterocycles. The average molecular weight is 1400 g/mol. The average Bonchev–Trinajstić information content (AvgIpc) is 1.70. The van der Waals surface area contributed by atoms with Gasteiger partial charge >= 0.3 is 0 Å². The van der Waals surface area contributed by atoms with E-state index in [1.54, 1.807) is 92.0 Å². The van der Waals surface area contributed by atoms with Crippen LogP contribution in [0.25, 0.3) is 0 Å². The van der Waals surface area contributed by atoms with Crippen molar-refractivity contribution >= 4 is 59.7 Å². The summed E-state index contributed by atoms with van der Waals surface area (Å²) in [6.07, 6.45) is 11.8. The quantitative estimate of drug-likeness (QED) is 0.137. The van der Waals surface area contributed by atoms with E-state index < -0.39 is 57.7 Å². The Balaban J connectivity index is 0.000000145. The molecule has 0 saturated carbocycles. The van der Waals surface area contributed by atoms with Crippen molar-refractivity contribution < 1.29 is 39.6 Å². The molecule has 2 unspecified atom stereocenters. The molecule has 97 heavy (non-hydrogen) atoms. The highest BCUT2D eigenvalue weighted by molar-refractivity contribution is 7.90. The molecule has 23 nitrogen and oxygen atoms in total. The highest BCUT2D eigenvalue weighted by atomic mass is 32.2. The third-order valence-electron chi connectivity index (χ3n) is 19.4. The van der Waals surface area contributed by atoms with Crippen LogP contribution in [-0.2, 0) is 103 Å². The van der Waals surface area contributed by atoms with Gasteiger partial charge in [0, 0.05) is 121 Å². The molecule has 2 atom stereocenters. The molecule has 7 aromatic rings. The fourth-order valence-corrected chi connectivity index (χ4v) is 18.8. The van der Waals surface area contributed by atoms with Crippen molar-refractivity contribution in [2.45, 2.75) is 164 Å². The summed E-state index contributed by atoms with van der Waals surface area (Å²) < 4.78 is 76.9. The molecule has 7 aromatic heterocycles. The maximum absolute atomic E-state index is 12.1. The summed E-state index contributed by atoms with van der Waals surface area (Å²) in [5, 5.41) is 0.891. The van der Waals surface area contributed by atoms with Crippen LogP contribution in [0.1, 0.15) is 174 Å². The first-order valence-electron chi connectivity index (χ1n) is 31.6. The first kappa shape index (κ1) is 75.3. The second-order valence-electron chi connectivity index (χ2n) is 28.4. The number of nitrogens with zero attached hydrogens (tertiary/aromatic N) is 14. The normalized spacial score (nSPS) is 22.3. The maximum Gasteiger partial charge on any atom is 0.273 e. The van der Waals surface area contributed by atoms with Crippen molar-refractivity contribution in [3.63, 3.8) is 0 Å². The largest absolute Gasteiger partial charge is 0.339 e. The number of hydrogen-bond donors (Lipinski definition) is 0. The summed E-state index contributed by atoms with van der Waals surface area (Å²) in [7, 11) is 3.67. The van der Waals surface area contributed by atoms with E-state index in [1.165, 1.54) is 14.8 Å². The summed E-state index contributed by atoms with van der Waals surface area (Å²) in [5.74, 6) is 0.207. The van der Waals surface area contributed by atoms with Crippen molar-refractivity contribution in [1.82, 2.24) is 66.8 Å². The van der Waals surface area contributed by atoms with Crippen LogP contribution in [0.2, 0.25) is 0 Å². The van der Waals surface area contributed by atoms with Gasteiger partial charge in [-0.05, 0) is 148 Å². The van der Waals surface area contributed by atoms with Gasteiger partial charge in [0.1, 0.15) is 43.1 Å². The van der Waals surface area contributed by atoms with Crippen molar-refractivity contribution in [1.29, 1.82) is 0 Å². The molecule has 0 spiro atoms. The third-order valence-corrected chi connectivity index (χ3v) is 27.3. The summed E-state index contributed by atoms with van der Waals surface area (Å²) in [5.41, 5.74) is 9.66. The Hall–Kier alpha value is -7.50. The zero-order valence-corrected chi connectivity index (χ0v) is 62.8. The Morgan fingerprint density at radius 3 is 1.42 bits per heavy atom. The molecule has 7 aliphatic heterocycles. The molecule has 3 amide bonds. The van der Waals surface area contributed by atoms with Crippen LogP contribution in [0.5, 0.6) is 0 Å². The lowest BCUT2D eigenvalue weighted by molar-refractivity contribution is -0.136. The van der Waals surface area contributed by atoms with E-state index in [-0.39, 0.29) is 44.0 Å². The Bertz CT molecular complexity index is 4300. The van der Waals surface area contributed by atoms with E-state index in [2.05, 4.69) is 62.6 Å². The number of aromatic nitrogens is 7. The second kappa shape index (κ2) is 27.7. The van der Waals surface area contributed by atoms with Gasteiger partial charge in [0.2, 0.25) is 15.9 Å². The Morgan fingerprint density at radius 2 is 0.887 bits per heavy atom. The van der Waals surface area contributed by atoms with Gasteiger partial charge in [0.15, 0.2) is 5.03 Å². The number of hydrogen-bond acceptors (Lipinski definition) is 16. The van der Waals surface area contributed by atoms with Crippen LogP contribution in [0.3, 0.4) is 0 Å². The van der Waals surface area contributed by atoms with Gasteiger partial charge in [0.25, 0.3) is 21.8 Å². The molecule has 0 N–H and O–H groups in total. The van der Waals surface area contributed by atoms with E-state index >= 15 is 0 Å². The summed E-state index contributed by atoms with van der Waals surface area (Å²) in [6.45, 7) is 29.9. The van der Waals surface area contributed by atoms with Crippen LogP contribution in [-0.4, -0.2) is 166 Å². The van der Waals surface area contributed by atoms with E-state index in [4.69, 9.17) is 0 Å². The van der Waals surface area contributed by atoms with Crippen LogP contribution in [0, 0.1) is 0 Å². The van der Waals surface area contributed by atoms with Gasteiger partial charge in [-0.2, -0.15) is 8.61 Å². The molecule has 0 fully saturated rings. The molecular formula is C70H92N14O9S4. The van der Waals surface area contributed by atoms with Gasteiger partial charge in [0.05, 0.1) is 63.5 Å². The molecular weight excluding hydrogens is 1310 g/mol. The number of likely N-dealkylation sites (N-methyl/N-ethyl adjacent to an activating group) is 2. The van der Waals surface area contributed by atoms with Crippen LogP contribution < -0.4 is 0 Å². The van der Waals surface area contributed by atoms with Crippen molar-refractivity contribution in [3.05, 3.63) is 196 Å². The number of amides is 3. The van der Waals surface area contributed by atoms with Crippen LogP contribution in [0.4, 0.5) is 0 Å². The van der Waals surface area contributed by atoms with Crippen LogP contribution >= 0.6 is 0 Å². The van der Waals surface area contributed by atoms with Crippen molar-refractivity contribution in [3.8, 4) is 0 Å². The first-order valence-corrected chi connectivity index (χ1v) is 36.7. The number of rotatable bonds is 0. The lowest BCUT2D eigenvalue weighted by Gasteiger charge is -2.36. The number of carbonyl (C=O) groups excluding carboxylic acids is 3. The zero-order chi connectivity index (χ0) is 72.1. The molecule has 27 heteroatoms. The fourth-order valence-electron chi connectivity index (χ4n) is 12.7. The topological polar surface area (TPSA) is 267 Å². The fraction of sp³-hybridized carbons (Fsp3) is 0.457. The monoisotopic (exact) mass is 1400 g/mol. The Labute approximate surface area is 577 Å². The molecule has 0 aliphatic carbocycles. The Kier molecular flexibility index (Phi) is 21.5. The standard InChI is InChI=1S/2C11H14N2O.C10H14N2O2S.C10H14N2OS.C10H12N2O.C9H12N2O2S.C9H12N2OS/c1-11(2)7-13(3)10(14)9-8(11)5-4-6-12-9;1-11(2)8-5-4-6-12-9(8)7-13(3)10(11)14;1-10(2)8-5-4-6-11-9(8)7-12(3)15(10,13)14;1-10(2)8-5-4-6-11-9(8)7-12(3)14(10)13;1-10(2)7-5-4-6-11-8(7)9(13)12(10)3;1-9(2)7-5-4-6-10-8(7)14(12,13)11(9)3;1-9(2)7-5-4-6-10-8(7)13(12)11(9)3/h2*4-6H,7H2,1-3H3;4-6H,7H2,1-3H3;4-6H,7H2,1-3H3;4-6H,1-3H3;4-6H,1-3H3;4-6H,1-3H3. The summed E-state index contributed by atoms with van der Waals surface area (Å²) in [6, 6.07) is 26.6. The minimum Gasteiger partial charge on any atom is -0.339 e. The predicted octanol–water partition coefficient (Wildman–Crippen LogP) is 8.93. The van der Waals surface area contributed by atoms with Crippen LogP contribution in [0.15, 0.2) is 138 Å². The van der Waals surface area contributed by atoms with Gasteiger partial charge in [-0.3, -0.25) is 39.3 Å². The van der Waals surface area contributed by atoms with Crippen molar-refractivity contribution in [2.24, 2.45) is 0 Å².